The molecular weight excluding hydrogens is 358 g/mol. The lowest BCUT2D eigenvalue weighted by atomic mass is 10.1. The van der Waals surface area contributed by atoms with Gasteiger partial charge in [-0.15, -0.1) is 6.58 Å². The van der Waals surface area contributed by atoms with Crippen LogP contribution in [0.3, 0.4) is 0 Å². The van der Waals surface area contributed by atoms with E-state index in [0.29, 0.717) is 23.6 Å². The van der Waals surface area contributed by atoms with E-state index in [1.165, 1.54) is 7.11 Å². The highest BCUT2D eigenvalue weighted by Crippen LogP contribution is 2.28. The second-order valence-electron chi connectivity index (χ2n) is 6.35. The highest BCUT2D eigenvalue weighted by molar-refractivity contribution is 5.93. The first-order valence-corrected chi connectivity index (χ1v) is 8.85. The number of benzene rings is 2. The molecule has 0 bridgehead atoms. The molecule has 0 aromatic heterocycles. The van der Waals surface area contributed by atoms with Crippen molar-refractivity contribution >= 4 is 17.6 Å². The predicted octanol–water partition coefficient (Wildman–Crippen LogP) is 3.60. The normalized spacial score (nSPS) is 10.1. The number of rotatable bonds is 9. The van der Waals surface area contributed by atoms with Crippen molar-refractivity contribution in [1.29, 1.82) is 0 Å². The van der Waals surface area contributed by atoms with Crippen molar-refractivity contribution in [3.63, 3.8) is 0 Å². The van der Waals surface area contributed by atoms with E-state index in [4.69, 9.17) is 14.2 Å². The zero-order chi connectivity index (χ0) is 20.5. The molecule has 0 heterocycles. The molecule has 0 unspecified atom stereocenters. The minimum Gasteiger partial charge on any atom is -0.493 e. The lowest BCUT2D eigenvalue weighted by molar-refractivity contribution is -0.149. The molecule has 0 radical (unpaired) electrons. The molecule has 1 N–H and O–H groups in total. The Labute approximate surface area is 165 Å². The first kappa shape index (κ1) is 21.0. The van der Waals surface area contributed by atoms with Gasteiger partial charge in [-0.3, -0.25) is 4.79 Å². The largest absolute Gasteiger partial charge is 0.493 e. The summed E-state index contributed by atoms with van der Waals surface area (Å²) >= 11 is 0. The van der Waals surface area contributed by atoms with Crippen LogP contribution in [0.5, 0.6) is 11.5 Å². The van der Waals surface area contributed by atoms with Gasteiger partial charge in [0.1, 0.15) is 0 Å². The van der Waals surface area contributed by atoms with Gasteiger partial charge in [0, 0.05) is 5.69 Å². The van der Waals surface area contributed by atoms with Crippen LogP contribution in [0.15, 0.2) is 49.1 Å². The molecule has 0 saturated carbocycles. The molecule has 0 aliphatic heterocycles. The molecule has 0 atom stereocenters. The lowest BCUT2D eigenvalue weighted by Crippen LogP contribution is -2.23. The Hall–Kier alpha value is -3.28. The molecule has 0 saturated heterocycles. The van der Waals surface area contributed by atoms with E-state index in [0.717, 1.165) is 16.7 Å². The molecule has 2 aromatic carbocycles. The molecular formula is C22H25NO5. The Morgan fingerprint density at radius 1 is 1.04 bits per heavy atom. The number of methoxy groups -OCH3 is 1. The summed E-state index contributed by atoms with van der Waals surface area (Å²) in [5, 5.41) is 2.70. The van der Waals surface area contributed by atoms with Crippen LogP contribution in [0.25, 0.3) is 0 Å². The number of anilines is 1. The van der Waals surface area contributed by atoms with Gasteiger partial charge in [-0.25, -0.2) is 4.79 Å². The summed E-state index contributed by atoms with van der Waals surface area (Å²) in [6.45, 7) is 6.87. The topological polar surface area (TPSA) is 73.9 Å². The summed E-state index contributed by atoms with van der Waals surface area (Å²) in [6.07, 6.45) is 2.49. The molecule has 0 fully saturated rings. The van der Waals surface area contributed by atoms with Crippen molar-refractivity contribution in [1.82, 2.24) is 0 Å². The molecule has 28 heavy (non-hydrogen) atoms. The van der Waals surface area contributed by atoms with Gasteiger partial charge in [0.2, 0.25) is 0 Å². The Kier molecular flexibility index (Phi) is 7.63. The lowest BCUT2D eigenvalue weighted by Gasteiger charge is -2.12. The van der Waals surface area contributed by atoms with E-state index in [9.17, 15) is 9.59 Å². The fourth-order valence-corrected chi connectivity index (χ4v) is 2.69. The van der Waals surface area contributed by atoms with Crippen molar-refractivity contribution < 1.29 is 23.8 Å². The zero-order valence-electron chi connectivity index (χ0n) is 16.4. The Morgan fingerprint density at radius 3 is 2.39 bits per heavy atom. The molecule has 2 rings (SSSR count). The first-order chi connectivity index (χ1) is 13.4. The summed E-state index contributed by atoms with van der Waals surface area (Å²) in [4.78, 5) is 23.8. The molecule has 0 aliphatic carbocycles. The van der Waals surface area contributed by atoms with Crippen molar-refractivity contribution in [3.05, 3.63) is 65.7 Å². The average molecular weight is 383 g/mol. The number of hydrogen-bond donors (Lipinski definition) is 1. The second-order valence-corrected chi connectivity index (χ2v) is 6.35. The summed E-state index contributed by atoms with van der Waals surface area (Å²) in [7, 11) is 1.52. The van der Waals surface area contributed by atoms with E-state index in [2.05, 4.69) is 11.9 Å². The summed E-state index contributed by atoms with van der Waals surface area (Å²) in [5.41, 5.74) is 3.76. The Morgan fingerprint density at radius 2 is 1.75 bits per heavy atom. The summed E-state index contributed by atoms with van der Waals surface area (Å²) in [5.74, 6) is -0.121. The number of carbonyl (C=O) groups excluding carboxylic acids is 2. The molecule has 2 aromatic rings. The highest BCUT2D eigenvalue weighted by Gasteiger charge is 2.12. The number of hydrogen-bond acceptors (Lipinski definition) is 5. The van der Waals surface area contributed by atoms with Gasteiger partial charge in [0.05, 0.1) is 7.11 Å². The SMILES string of the molecule is C=CCc1ccc(OCC(=O)OCC(=O)Nc2cc(C)cc(C)c2)c(OC)c1. The van der Waals surface area contributed by atoms with E-state index < -0.39 is 11.9 Å². The minimum atomic E-state index is -0.646. The summed E-state index contributed by atoms with van der Waals surface area (Å²) < 4.78 is 15.7. The van der Waals surface area contributed by atoms with Crippen LogP contribution < -0.4 is 14.8 Å². The quantitative estimate of drug-likeness (QED) is 0.529. The molecule has 148 valence electrons. The van der Waals surface area contributed by atoms with Gasteiger partial charge in [-0.1, -0.05) is 18.2 Å². The fraction of sp³-hybridized carbons (Fsp3) is 0.273. The smallest absolute Gasteiger partial charge is 0.344 e. The average Bonchev–Trinajstić information content (AvgIpc) is 2.64. The number of nitrogens with one attached hydrogen (secondary N) is 1. The maximum absolute atomic E-state index is 12.0. The zero-order valence-corrected chi connectivity index (χ0v) is 16.4. The van der Waals surface area contributed by atoms with E-state index in [1.54, 1.807) is 12.1 Å². The van der Waals surface area contributed by atoms with Crippen LogP contribution in [0, 0.1) is 13.8 Å². The van der Waals surface area contributed by atoms with Crippen molar-refractivity contribution in [2.24, 2.45) is 0 Å². The van der Waals surface area contributed by atoms with E-state index in [1.807, 2.05) is 44.2 Å². The third-order valence-electron chi connectivity index (χ3n) is 3.82. The predicted molar refractivity (Wildman–Crippen MR) is 108 cm³/mol. The number of ether oxygens (including phenoxy) is 3. The standard InChI is InChI=1S/C22H25NO5/c1-5-6-17-7-8-19(20(12-17)26-4)27-14-22(25)28-13-21(24)23-18-10-15(2)9-16(3)11-18/h5,7-12H,1,6,13-14H2,2-4H3,(H,23,24). The monoisotopic (exact) mass is 383 g/mol. The van der Waals surface area contributed by atoms with E-state index >= 15 is 0 Å². The van der Waals surface area contributed by atoms with Crippen molar-refractivity contribution in [2.45, 2.75) is 20.3 Å². The number of amides is 1. The third-order valence-corrected chi connectivity index (χ3v) is 3.82. The van der Waals surface area contributed by atoms with Crippen LogP contribution in [0.2, 0.25) is 0 Å². The van der Waals surface area contributed by atoms with Crippen LogP contribution in [-0.2, 0) is 20.7 Å². The number of aryl methyl sites for hydroxylation is 2. The highest BCUT2D eigenvalue weighted by atomic mass is 16.6. The molecule has 1 amide bonds. The maximum atomic E-state index is 12.0. The van der Waals surface area contributed by atoms with Crippen molar-refractivity contribution in [2.75, 3.05) is 25.6 Å². The number of carbonyl (C=O) groups is 2. The fourth-order valence-electron chi connectivity index (χ4n) is 2.69. The van der Waals surface area contributed by atoms with E-state index in [-0.39, 0.29) is 13.2 Å². The van der Waals surface area contributed by atoms with Gasteiger partial charge in [-0.2, -0.15) is 0 Å². The molecule has 0 aliphatic rings. The minimum absolute atomic E-state index is 0.325. The second kappa shape index (κ2) is 10.2. The van der Waals surface area contributed by atoms with Gasteiger partial charge in [-0.05, 0) is 61.2 Å². The van der Waals surface area contributed by atoms with Crippen LogP contribution >= 0.6 is 0 Å². The van der Waals surface area contributed by atoms with Crippen molar-refractivity contribution in [3.8, 4) is 11.5 Å². The molecule has 6 nitrogen and oxygen atoms in total. The van der Waals surface area contributed by atoms with Crippen LogP contribution in [-0.4, -0.2) is 32.2 Å². The van der Waals surface area contributed by atoms with Gasteiger partial charge in [0.15, 0.2) is 24.7 Å². The van der Waals surface area contributed by atoms with Gasteiger partial charge >= 0.3 is 5.97 Å². The Bertz CT molecular complexity index is 840. The van der Waals surface area contributed by atoms with Crippen LogP contribution in [0.4, 0.5) is 5.69 Å². The molecule has 6 heteroatoms. The number of allylic oxidation sites excluding steroid dienone is 1. The number of esters is 1. The Balaban J connectivity index is 1.82. The maximum Gasteiger partial charge on any atom is 0.344 e. The summed E-state index contributed by atoms with van der Waals surface area (Å²) in [6, 6.07) is 11.1. The van der Waals surface area contributed by atoms with Crippen LogP contribution in [0.1, 0.15) is 16.7 Å². The first-order valence-electron chi connectivity index (χ1n) is 8.85. The molecule has 0 spiro atoms. The third kappa shape index (κ3) is 6.46. The van der Waals surface area contributed by atoms with Gasteiger partial charge < -0.3 is 19.5 Å². The van der Waals surface area contributed by atoms with Gasteiger partial charge in [0.25, 0.3) is 5.91 Å².